The monoisotopic (exact) mass is 484 g/mol. The van der Waals surface area contributed by atoms with E-state index in [4.69, 9.17) is 47.0 Å². The molecule has 0 aliphatic carbocycles. The van der Waals surface area contributed by atoms with Crippen LogP contribution >= 0.6 is 58.8 Å². The normalized spacial score (nSPS) is 15.3. The molecule has 0 saturated carbocycles. The second kappa shape index (κ2) is 9.96. The predicted octanol–water partition coefficient (Wildman–Crippen LogP) is 6.27. The smallest absolute Gasteiger partial charge is 0.266 e. The number of carbonyl (C=O) groups excluding carboxylic acids is 2. The molecule has 9 heteroatoms. The number of hydrogen-bond acceptors (Lipinski definition) is 4. The molecule has 0 spiro atoms. The van der Waals surface area contributed by atoms with E-state index in [9.17, 15) is 9.59 Å². The Labute approximate surface area is 193 Å². The maximum atomic E-state index is 12.6. The highest BCUT2D eigenvalue weighted by Crippen LogP contribution is 2.34. The van der Waals surface area contributed by atoms with E-state index in [1.54, 1.807) is 30.3 Å². The molecule has 150 valence electrons. The van der Waals surface area contributed by atoms with Gasteiger partial charge in [0.2, 0.25) is 5.91 Å². The highest BCUT2D eigenvalue weighted by Gasteiger charge is 2.31. The number of halogens is 3. The highest BCUT2D eigenvalue weighted by molar-refractivity contribution is 8.26. The fourth-order valence-corrected chi connectivity index (χ4v) is 4.69. The van der Waals surface area contributed by atoms with Gasteiger partial charge in [0.15, 0.2) is 0 Å². The third-order valence-electron chi connectivity index (χ3n) is 4.00. The molecular formula is C20H15Cl3N2O2S2. The van der Waals surface area contributed by atoms with Crippen molar-refractivity contribution >= 4 is 86.7 Å². The first-order valence-corrected chi connectivity index (χ1v) is 10.9. The molecule has 1 N–H and O–H groups in total. The van der Waals surface area contributed by atoms with Gasteiger partial charge in [0.05, 0.1) is 4.91 Å². The minimum atomic E-state index is -0.194. The minimum Gasteiger partial charge on any atom is -0.326 e. The maximum Gasteiger partial charge on any atom is 0.266 e. The van der Waals surface area contributed by atoms with Gasteiger partial charge in [-0.05, 0) is 42.3 Å². The molecule has 4 nitrogen and oxygen atoms in total. The van der Waals surface area contributed by atoms with Crippen LogP contribution in [0.3, 0.4) is 0 Å². The van der Waals surface area contributed by atoms with E-state index >= 15 is 0 Å². The van der Waals surface area contributed by atoms with Gasteiger partial charge in [-0.2, -0.15) is 0 Å². The summed E-state index contributed by atoms with van der Waals surface area (Å²) in [6.07, 6.45) is 2.42. The second-order valence-electron chi connectivity index (χ2n) is 6.16. The van der Waals surface area contributed by atoms with Gasteiger partial charge in [-0.3, -0.25) is 14.5 Å². The molecule has 0 aromatic heterocycles. The Bertz CT molecular complexity index is 991. The van der Waals surface area contributed by atoms with Crippen LogP contribution in [0.15, 0.2) is 47.4 Å². The van der Waals surface area contributed by atoms with Gasteiger partial charge < -0.3 is 5.32 Å². The zero-order valence-electron chi connectivity index (χ0n) is 15.0. The largest absolute Gasteiger partial charge is 0.326 e. The van der Waals surface area contributed by atoms with E-state index in [1.165, 1.54) is 16.7 Å². The van der Waals surface area contributed by atoms with Crippen molar-refractivity contribution in [2.45, 2.75) is 12.8 Å². The van der Waals surface area contributed by atoms with Crippen LogP contribution < -0.4 is 5.32 Å². The number of thioether (sulfide) groups is 1. The van der Waals surface area contributed by atoms with Gasteiger partial charge in [-0.15, -0.1) is 0 Å². The number of nitrogens with one attached hydrogen (secondary N) is 1. The molecule has 1 fully saturated rings. The summed E-state index contributed by atoms with van der Waals surface area (Å²) in [6, 6.07) is 12.1. The van der Waals surface area contributed by atoms with Crippen LogP contribution in [0.2, 0.25) is 15.1 Å². The zero-order chi connectivity index (χ0) is 21.0. The molecule has 0 unspecified atom stereocenters. The zero-order valence-corrected chi connectivity index (χ0v) is 18.9. The topological polar surface area (TPSA) is 49.4 Å². The molecule has 1 aliphatic rings. The Morgan fingerprint density at radius 3 is 2.52 bits per heavy atom. The first kappa shape index (κ1) is 22.1. The van der Waals surface area contributed by atoms with Crippen molar-refractivity contribution in [3.8, 4) is 0 Å². The fourth-order valence-electron chi connectivity index (χ4n) is 2.67. The first-order chi connectivity index (χ1) is 13.8. The molecule has 2 aromatic carbocycles. The number of nitrogens with zero attached hydrogens (tertiary/aromatic N) is 1. The second-order valence-corrected chi connectivity index (χ2v) is 9.12. The average Bonchev–Trinajstić information content (AvgIpc) is 2.90. The number of hydrogen-bond donors (Lipinski definition) is 1. The number of rotatable bonds is 6. The van der Waals surface area contributed by atoms with E-state index in [2.05, 4.69) is 5.32 Å². The van der Waals surface area contributed by atoms with Crippen LogP contribution in [-0.2, 0) is 9.59 Å². The molecule has 3 rings (SSSR count). The fraction of sp³-hybridized carbons (Fsp3) is 0.150. The van der Waals surface area contributed by atoms with E-state index in [0.717, 1.165) is 5.56 Å². The maximum absolute atomic E-state index is 12.6. The SMILES string of the molecule is O=C(CCCN1C(=O)/C(=C\c2ccccc2Cl)SC1=S)Nc1cc(Cl)cc(Cl)c1. The summed E-state index contributed by atoms with van der Waals surface area (Å²) in [5, 5.41) is 4.19. The van der Waals surface area contributed by atoms with E-state index in [1.807, 2.05) is 18.2 Å². The van der Waals surface area contributed by atoms with Crippen molar-refractivity contribution in [3.63, 3.8) is 0 Å². The van der Waals surface area contributed by atoms with Gasteiger partial charge in [0, 0.05) is 33.7 Å². The summed E-state index contributed by atoms with van der Waals surface area (Å²) >= 11 is 24.6. The lowest BCUT2D eigenvalue weighted by Crippen LogP contribution is -2.29. The molecule has 1 heterocycles. The van der Waals surface area contributed by atoms with Gasteiger partial charge in [-0.25, -0.2) is 0 Å². The Kier molecular flexibility index (Phi) is 7.60. The third-order valence-corrected chi connectivity index (χ3v) is 6.16. The molecule has 29 heavy (non-hydrogen) atoms. The van der Waals surface area contributed by atoms with Crippen molar-refractivity contribution in [1.29, 1.82) is 0 Å². The summed E-state index contributed by atoms with van der Waals surface area (Å²) in [4.78, 5) is 26.8. The lowest BCUT2D eigenvalue weighted by Gasteiger charge is -2.14. The third kappa shape index (κ3) is 5.96. The Morgan fingerprint density at radius 2 is 1.83 bits per heavy atom. The Morgan fingerprint density at radius 1 is 1.14 bits per heavy atom. The Hall–Kier alpha value is -1.57. The predicted molar refractivity (Wildman–Crippen MR) is 126 cm³/mol. The standard InChI is InChI=1S/C20H15Cl3N2O2S2/c21-13-9-14(22)11-15(10-13)24-18(26)6-3-7-25-19(27)17(29-20(25)28)8-12-4-1-2-5-16(12)23/h1-2,4-5,8-11H,3,6-7H2,(H,24,26)/b17-8+. The molecule has 0 radical (unpaired) electrons. The van der Waals surface area contributed by atoms with Gasteiger partial charge in [-0.1, -0.05) is 77.0 Å². The van der Waals surface area contributed by atoms with Crippen LogP contribution in [0.1, 0.15) is 18.4 Å². The number of amides is 2. The Balaban J connectivity index is 1.55. The number of anilines is 1. The lowest BCUT2D eigenvalue weighted by atomic mass is 10.2. The molecule has 0 atom stereocenters. The van der Waals surface area contributed by atoms with Crippen LogP contribution in [0, 0.1) is 0 Å². The molecule has 0 bridgehead atoms. The summed E-state index contributed by atoms with van der Waals surface area (Å²) in [5.41, 5.74) is 1.29. The summed E-state index contributed by atoms with van der Waals surface area (Å²) in [7, 11) is 0. The van der Waals surface area contributed by atoms with Crippen molar-refractivity contribution < 1.29 is 9.59 Å². The number of thiocarbonyl (C=S) groups is 1. The lowest BCUT2D eigenvalue weighted by molar-refractivity contribution is -0.122. The molecule has 2 aromatic rings. The van der Waals surface area contributed by atoms with E-state index < -0.39 is 0 Å². The summed E-state index contributed by atoms with van der Waals surface area (Å²) in [5.74, 6) is -0.373. The molecule has 2 amide bonds. The van der Waals surface area contributed by atoms with Crippen LogP contribution in [0.25, 0.3) is 6.08 Å². The van der Waals surface area contributed by atoms with Crippen molar-refractivity contribution in [2.24, 2.45) is 0 Å². The minimum absolute atomic E-state index is 0.179. The van der Waals surface area contributed by atoms with Gasteiger partial charge in [0.1, 0.15) is 4.32 Å². The average molecular weight is 486 g/mol. The number of carbonyl (C=O) groups is 2. The van der Waals surface area contributed by atoms with Gasteiger partial charge in [0.25, 0.3) is 5.91 Å². The van der Waals surface area contributed by atoms with Crippen molar-refractivity contribution in [2.75, 3.05) is 11.9 Å². The molecular weight excluding hydrogens is 471 g/mol. The summed E-state index contributed by atoms with van der Waals surface area (Å²) in [6.45, 7) is 0.355. The van der Waals surface area contributed by atoms with E-state index in [0.29, 0.717) is 42.9 Å². The van der Waals surface area contributed by atoms with Gasteiger partial charge >= 0.3 is 0 Å². The molecule has 1 saturated heterocycles. The summed E-state index contributed by atoms with van der Waals surface area (Å²) < 4.78 is 0.468. The molecule has 1 aliphatic heterocycles. The van der Waals surface area contributed by atoms with Crippen molar-refractivity contribution in [3.05, 3.63) is 68.0 Å². The van der Waals surface area contributed by atoms with Crippen LogP contribution in [0.4, 0.5) is 5.69 Å². The van der Waals surface area contributed by atoms with Crippen molar-refractivity contribution in [1.82, 2.24) is 4.90 Å². The van der Waals surface area contributed by atoms with E-state index in [-0.39, 0.29) is 18.2 Å². The first-order valence-electron chi connectivity index (χ1n) is 8.59. The quantitative estimate of drug-likeness (QED) is 0.387. The van der Waals surface area contributed by atoms with Crippen LogP contribution in [0.5, 0.6) is 0 Å². The van der Waals surface area contributed by atoms with Crippen LogP contribution in [-0.4, -0.2) is 27.6 Å². The highest BCUT2D eigenvalue weighted by atomic mass is 35.5. The number of benzene rings is 2.